The summed E-state index contributed by atoms with van der Waals surface area (Å²) in [5.74, 6) is 1.50. The molecule has 46 heavy (non-hydrogen) atoms. The summed E-state index contributed by atoms with van der Waals surface area (Å²) in [6, 6.07) is 12.7. The van der Waals surface area contributed by atoms with Crippen LogP contribution in [0, 0.1) is 25.2 Å². The minimum Gasteiger partial charge on any atom is -0.496 e. The lowest BCUT2D eigenvalue weighted by atomic mass is 9.89. The minimum atomic E-state index is -0.0841. The molecule has 6 rings (SSSR count). The van der Waals surface area contributed by atoms with Crippen molar-refractivity contribution in [2.45, 2.75) is 71.1 Å². The fourth-order valence-electron chi connectivity index (χ4n) is 7.69. The van der Waals surface area contributed by atoms with Crippen molar-refractivity contribution in [3.05, 3.63) is 80.3 Å². The van der Waals surface area contributed by atoms with Gasteiger partial charge in [-0.2, -0.15) is 5.26 Å². The number of carbonyl (C=O) groups excluding carboxylic acids is 1. The fourth-order valence-corrected chi connectivity index (χ4v) is 7.69. The number of hydrogen-bond acceptors (Lipinski definition) is 7. The van der Waals surface area contributed by atoms with Gasteiger partial charge in [0, 0.05) is 69.2 Å². The van der Waals surface area contributed by atoms with Crippen LogP contribution in [0.4, 0.5) is 0 Å². The van der Waals surface area contributed by atoms with Gasteiger partial charge in [-0.1, -0.05) is 18.2 Å². The van der Waals surface area contributed by atoms with Crippen molar-refractivity contribution in [1.82, 2.24) is 19.3 Å². The molecular weight excluding hydrogens is 578 g/mol. The molecule has 0 N–H and O–H groups in total. The quantitative estimate of drug-likeness (QED) is 0.353. The van der Waals surface area contributed by atoms with Gasteiger partial charge < -0.3 is 18.9 Å². The molecule has 3 aliphatic rings. The van der Waals surface area contributed by atoms with Crippen LogP contribution in [0.1, 0.15) is 65.6 Å². The Balaban J connectivity index is 1.20. The lowest BCUT2D eigenvalue weighted by Crippen LogP contribution is -2.54. The molecule has 0 radical (unpaired) electrons. The molecule has 2 aliphatic heterocycles. The molecule has 1 unspecified atom stereocenters. The van der Waals surface area contributed by atoms with Crippen LogP contribution >= 0.6 is 0 Å². The minimum absolute atomic E-state index is 0.0156. The van der Waals surface area contributed by atoms with Gasteiger partial charge in [0.05, 0.1) is 31.9 Å². The van der Waals surface area contributed by atoms with Gasteiger partial charge in [0.15, 0.2) is 0 Å². The first kappa shape index (κ1) is 31.8. The number of pyridine rings is 1. The molecule has 1 spiro atoms. The number of benzene rings is 2. The molecule has 1 amide bonds. The van der Waals surface area contributed by atoms with E-state index < -0.39 is 0 Å². The predicted octanol–water partition coefficient (Wildman–Crippen LogP) is 4.90. The monoisotopic (exact) mass is 623 g/mol. The Kier molecular flexibility index (Phi) is 8.70. The molecule has 3 aromatic rings. The third-order valence-corrected chi connectivity index (χ3v) is 10.7. The molecular formula is C37H45N5O4. The fraction of sp³-hybridized carbons (Fsp3) is 0.486. The van der Waals surface area contributed by atoms with Crippen molar-refractivity contribution >= 4 is 5.91 Å². The Labute approximate surface area is 271 Å². The van der Waals surface area contributed by atoms with Crippen molar-refractivity contribution in [2.24, 2.45) is 7.05 Å². The van der Waals surface area contributed by atoms with E-state index in [9.17, 15) is 9.59 Å². The molecule has 1 atom stereocenters. The molecule has 0 bridgehead atoms. The van der Waals surface area contributed by atoms with Crippen LogP contribution in [0.25, 0.3) is 11.1 Å². The Bertz CT molecular complexity index is 1740. The summed E-state index contributed by atoms with van der Waals surface area (Å²) in [7, 11) is 5.21. The highest BCUT2D eigenvalue weighted by molar-refractivity contribution is 5.79. The highest BCUT2D eigenvalue weighted by atomic mass is 16.5. The number of carbonyl (C=O) groups is 1. The Morgan fingerprint density at radius 1 is 1.04 bits per heavy atom. The van der Waals surface area contributed by atoms with Gasteiger partial charge >= 0.3 is 0 Å². The number of hydrogen-bond donors (Lipinski definition) is 0. The summed E-state index contributed by atoms with van der Waals surface area (Å²) in [5, 5.41) is 9.04. The predicted molar refractivity (Wildman–Crippen MR) is 178 cm³/mol. The zero-order chi connectivity index (χ0) is 32.7. The third-order valence-electron chi connectivity index (χ3n) is 10.7. The Morgan fingerprint density at radius 2 is 1.76 bits per heavy atom. The summed E-state index contributed by atoms with van der Waals surface area (Å²) in [4.78, 5) is 32.1. The van der Waals surface area contributed by atoms with Gasteiger partial charge in [-0.05, 0) is 80.0 Å². The van der Waals surface area contributed by atoms with E-state index in [-0.39, 0.29) is 29.5 Å². The van der Waals surface area contributed by atoms with Crippen molar-refractivity contribution in [1.29, 1.82) is 5.26 Å². The number of aryl methyl sites for hydroxylation is 1. The first-order chi connectivity index (χ1) is 22.1. The summed E-state index contributed by atoms with van der Waals surface area (Å²) < 4.78 is 13.5. The number of rotatable bonds is 8. The number of amides is 1. The molecule has 2 aromatic carbocycles. The molecule has 9 heteroatoms. The lowest BCUT2D eigenvalue weighted by Gasteiger charge is -2.43. The standard InChI is InChI=1S/C37H45N5O4/c1-24-25(2)36(44)39(4)21-31(24)28-18-33(45-5)32(34(19-28)46-6)22-40-16-17-41(37(23-40)12-13-37)20-27-8-7-9-29-26(3)42(15-11-30(27)29)35(43)10-14-38/h7-9,18-19,21,26H,10-13,15-17,20,22-23H2,1-6H3. The van der Waals surface area contributed by atoms with Crippen molar-refractivity contribution < 1.29 is 14.3 Å². The molecule has 1 saturated heterocycles. The van der Waals surface area contributed by atoms with Gasteiger partial charge in [-0.25, -0.2) is 0 Å². The molecule has 1 aromatic heterocycles. The molecule has 9 nitrogen and oxygen atoms in total. The Morgan fingerprint density at radius 3 is 2.41 bits per heavy atom. The van der Waals surface area contributed by atoms with E-state index in [4.69, 9.17) is 14.7 Å². The largest absolute Gasteiger partial charge is 0.496 e. The molecule has 2 fully saturated rings. The number of nitriles is 1. The number of ether oxygens (including phenoxy) is 2. The maximum Gasteiger partial charge on any atom is 0.253 e. The van der Waals surface area contributed by atoms with Crippen LogP contribution in [-0.2, 0) is 31.4 Å². The average Bonchev–Trinajstić information content (AvgIpc) is 3.83. The summed E-state index contributed by atoms with van der Waals surface area (Å²) in [6.07, 6.45) is 5.02. The SMILES string of the molecule is COc1cc(-c2cn(C)c(=O)c(C)c2C)cc(OC)c1CN1CCN(Cc2cccc3c2CCN(C(=O)CC#N)C3C)C2(CC2)C1. The average molecular weight is 624 g/mol. The van der Waals surface area contributed by atoms with Gasteiger partial charge in [0.1, 0.15) is 17.9 Å². The van der Waals surface area contributed by atoms with E-state index in [1.54, 1.807) is 25.8 Å². The van der Waals surface area contributed by atoms with Crippen LogP contribution in [0.2, 0.25) is 0 Å². The van der Waals surface area contributed by atoms with Crippen molar-refractivity contribution in [3.8, 4) is 28.7 Å². The van der Waals surface area contributed by atoms with E-state index in [1.807, 2.05) is 31.0 Å². The zero-order valence-corrected chi connectivity index (χ0v) is 28.0. The second kappa shape index (κ2) is 12.6. The van der Waals surface area contributed by atoms with Crippen LogP contribution in [0.3, 0.4) is 0 Å². The van der Waals surface area contributed by atoms with Crippen LogP contribution in [0.15, 0.2) is 41.3 Å². The van der Waals surface area contributed by atoms with E-state index in [0.717, 1.165) is 78.5 Å². The summed E-state index contributed by atoms with van der Waals surface area (Å²) in [5.41, 5.74) is 8.83. The topological polar surface area (TPSA) is 91.0 Å². The zero-order valence-electron chi connectivity index (χ0n) is 28.0. The maximum absolute atomic E-state index is 12.6. The van der Waals surface area contributed by atoms with E-state index in [0.29, 0.717) is 6.54 Å². The number of piperazine rings is 1. The van der Waals surface area contributed by atoms with Crippen molar-refractivity contribution in [2.75, 3.05) is 40.4 Å². The lowest BCUT2D eigenvalue weighted by molar-refractivity contribution is -0.132. The first-order valence-electron chi connectivity index (χ1n) is 16.3. The van der Waals surface area contributed by atoms with E-state index in [1.165, 1.54) is 29.5 Å². The van der Waals surface area contributed by atoms with E-state index >= 15 is 0 Å². The Hall–Kier alpha value is -4.13. The normalized spacial score (nSPS) is 19.1. The first-order valence-corrected chi connectivity index (χ1v) is 16.3. The highest BCUT2D eigenvalue weighted by Gasteiger charge is 2.51. The molecule has 242 valence electrons. The van der Waals surface area contributed by atoms with Gasteiger partial charge in [-0.3, -0.25) is 19.4 Å². The van der Waals surface area contributed by atoms with Gasteiger partial charge in [0.25, 0.3) is 5.56 Å². The number of fused-ring (bicyclic) bond motifs is 1. The van der Waals surface area contributed by atoms with Gasteiger partial charge in [0.2, 0.25) is 5.91 Å². The van der Waals surface area contributed by atoms with Crippen molar-refractivity contribution in [3.63, 3.8) is 0 Å². The smallest absolute Gasteiger partial charge is 0.253 e. The van der Waals surface area contributed by atoms with E-state index in [2.05, 4.69) is 47.1 Å². The number of methoxy groups -OCH3 is 2. The van der Waals surface area contributed by atoms with Crippen LogP contribution in [-0.4, -0.2) is 71.1 Å². The summed E-state index contributed by atoms with van der Waals surface area (Å²) in [6.45, 7) is 11.2. The molecule has 3 heterocycles. The number of aromatic nitrogens is 1. The second-order valence-corrected chi connectivity index (χ2v) is 13.3. The van der Waals surface area contributed by atoms with Gasteiger partial charge in [-0.15, -0.1) is 0 Å². The molecule has 1 saturated carbocycles. The maximum atomic E-state index is 12.6. The highest BCUT2D eigenvalue weighted by Crippen LogP contribution is 2.47. The summed E-state index contributed by atoms with van der Waals surface area (Å²) >= 11 is 0. The number of nitrogens with zero attached hydrogens (tertiary/aromatic N) is 5. The van der Waals surface area contributed by atoms with Crippen LogP contribution in [0.5, 0.6) is 11.5 Å². The third kappa shape index (κ3) is 5.69. The second-order valence-electron chi connectivity index (χ2n) is 13.3. The van der Waals surface area contributed by atoms with Crippen LogP contribution < -0.4 is 15.0 Å². The molecule has 1 aliphatic carbocycles.